The molecule has 1 fully saturated rings. The maximum absolute atomic E-state index is 6.02. The third-order valence-electron chi connectivity index (χ3n) is 2.90. The fraction of sp³-hybridized carbons (Fsp3) is 0.538. The van der Waals surface area contributed by atoms with E-state index in [0.717, 1.165) is 37.6 Å². The molecule has 0 atom stereocenters. The molecule has 0 spiro atoms. The lowest BCUT2D eigenvalue weighted by atomic mass is 10.2. The molecule has 0 aliphatic carbocycles. The van der Waals surface area contributed by atoms with Gasteiger partial charge in [-0.25, -0.2) is 0 Å². The molecule has 0 saturated carbocycles. The highest BCUT2D eigenvalue weighted by atomic mass is 15.2. The van der Waals surface area contributed by atoms with Crippen LogP contribution < -0.4 is 5.73 Å². The number of hydrogen-bond acceptors (Lipinski definition) is 3. The van der Waals surface area contributed by atoms with Crippen LogP contribution in [-0.4, -0.2) is 43.0 Å². The zero-order chi connectivity index (χ0) is 12.0. The van der Waals surface area contributed by atoms with Gasteiger partial charge in [-0.05, 0) is 39.1 Å². The van der Waals surface area contributed by atoms with Gasteiger partial charge >= 0.3 is 0 Å². The van der Waals surface area contributed by atoms with Gasteiger partial charge in [0.25, 0.3) is 0 Å². The standard InChI is InChI=1S/C13H23N3/c1-4-7-12(14)13(5-2)16-9-6-8-15(3)10-11-16/h4-5,7H,2,6,8-11,14H2,1,3H3/b7-4-,13-12-. The van der Waals surface area contributed by atoms with Gasteiger partial charge in [-0.2, -0.15) is 0 Å². The highest BCUT2D eigenvalue weighted by Crippen LogP contribution is 2.13. The Morgan fingerprint density at radius 1 is 1.25 bits per heavy atom. The fourth-order valence-corrected chi connectivity index (χ4v) is 1.98. The van der Waals surface area contributed by atoms with Crippen molar-refractivity contribution in [3.05, 3.63) is 36.2 Å². The molecule has 1 rings (SSSR count). The van der Waals surface area contributed by atoms with Gasteiger partial charge in [0.2, 0.25) is 0 Å². The van der Waals surface area contributed by atoms with Crippen molar-refractivity contribution < 1.29 is 0 Å². The molecule has 0 aromatic carbocycles. The van der Waals surface area contributed by atoms with E-state index in [9.17, 15) is 0 Å². The molecule has 1 aliphatic heterocycles. The average molecular weight is 221 g/mol. The van der Waals surface area contributed by atoms with E-state index < -0.39 is 0 Å². The molecule has 0 unspecified atom stereocenters. The summed E-state index contributed by atoms with van der Waals surface area (Å²) >= 11 is 0. The van der Waals surface area contributed by atoms with E-state index in [1.807, 2.05) is 25.2 Å². The quantitative estimate of drug-likeness (QED) is 0.734. The summed E-state index contributed by atoms with van der Waals surface area (Å²) in [5, 5.41) is 0. The molecule has 0 radical (unpaired) electrons. The highest BCUT2D eigenvalue weighted by molar-refractivity contribution is 5.29. The zero-order valence-electron chi connectivity index (χ0n) is 10.4. The molecular weight excluding hydrogens is 198 g/mol. The van der Waals surface area contributed by atoms with E-state index in [4.69, 9.17) is 5.73 Å². The maximum Gasteiger partial charge on any atom is 0.0594 e. The predicted octanol–water partition coefficient (Wildman–Crippen LogP) is 1.56. The molecule has 90 valence electrons. The Hall–Kier alpha value is -1.22. The monoisotopic (exact) mass is 221 g/mol. The summed E-state index contributed by atoms with van der Waals surface area (Å²) in [4.78, 5) is 4.68. The fourth-order valence-electron chi connectivity index (χ4n) is 1.98. The molecule has 16 heavy (non-hydrogen) atoms. The summed E-state index contributed by atoms with van der Waals surface area (Å²) in [6.07, 6.45) is 6.94. The third-order valence-corrected chi connectivity index (χ3v) is 2.90. The smallest absolute Gasteiger partial charge is 0.0594 e. The molecule has 1 heterocycles. The minimum absolute atomic E-state index is 0.807. The minimum Gasteiger partial charge on any atom is -0.397 e. The summed E-state index contributed by atoms with van der Waals surface area (Å²) in [6, 6.07) is 0. The van der Waals surface area contributed by atoms with E-state index in [-0.39, 0.29) is 0 Å². The van der Waals surface area contributed by atoms with Gasteiger partial charge in [-0.3, -0.25) is 0 Å². The lowest BCUT2D eigenvalue weighted by Crippen LogP contribution is -2.29. The van der Waals surface area contributed by atoms with Crippen LogP contribution in [0.2, 0.25) is 0 Å². The van der Waals surface area contributed by atoms with Crippen LogP contribution in [0, 0.1) is 0 Å². The van der Waals surface area contributed by atoms with E-state index in [1.54, 1.807) is 0 Å². The van der Waals surface area contributed by atoms with Crippen molar-refractivity contribution in [2.24, 2.45) is 5.73 Å². The third kappa shape index (κ3) is 3.42. The summed E-state index contributed by atoms with van der Waals surface area (Å²) in [7, 11) is 2.16. The van der Waals surface area contributed by atoms with Gasteiger partial charge in [0.15, 0.2) is 0 Å². The largest absolute Gasteiger partial charge is 0.397 e. The van der Waals surface area contributed by atoms with Crippen LogP contribution in [0.3, 0.4) is 0 Å². The molecule has 3 heteroatoms. The second-order valence-corrected chi connectivity index (χ2v) is 4.19. The van der Waals surface area contributed by atoms with Crippen molar-refractivity contribution in [3.8, 4) is 0 Å². The Labute approximate surface area is 98.9 Å². The first kappa shape index (κ1) is 12.8. The molecule has 0 aromatic rings. The normalized spacial score (nSPS) is 20.8. The summed E-state index contributed by atoms with van der Waals surface area (Å²) in [6.45, 7) is 10.2. The zero-order valence-corrected chi connectivity index (χ0v) is 10.4. The van der Waals surface area contributed by atoms with Gasteiger partial charge < -0.3 is 15.5 Å². The van der Waals surface area contributed by atoms with Crippen molar-refractivity contribution >= 4 is 0 Å². The molecular formula is C13H23N3. The topological polar surface area (TPSA) is 32.5 Å². The summed E-state index contributed by atoms with van der Waals surface area (Å²) < 4.78 is 0. The number of likely N-dealkylation sites (N-methyl/N-ethyl adjacent to an activating group) is 1. The predicted molar refractivity (Wildman–Crippen MR) is 69.9 cm³/mol. The Bertz CT molecular complexity index is 292. The molecule has 2 N–H and O–H groups in total. The SMILES string of the molecule is C=C/C(=C(N)\C=C/C)N1CCCN(C)CC1. The van der Waals surface area contributed by atoms with Crippen LogP contribution in [0.5, 0.6) is 0 Å². The molecule has 3 nitrogen and oxygen atoms in total. The van der Waals surface area contributed by atoms with Crippen LogP contribution in [-0.2, 0) is 0 Å². The first-order valence-electron chi connectivity index (χ1n) is 5.87. The van der Waals surface area contributed by atoms with E-state index >= 15 is 0 Å². The number of rotatable bonds is 3. The van der Waals surface area contributed by atoms with Crippen molar-refractivity contribution in [3.63, 3.8) is 0 Å². The van der Waals surface area contributed by atoms with E-state index in [2.05, 4.69) is 23.4 Å². The lowest BCUT2D eigenvalue weighted by Gasteiger charge is -2.24. The molecule has 0 bridgehead atoms. The van der Waals surface area contributed by atoms with Gasteiger partial charge in [0.05, 0.1) is 11.4 Å². The Kier molecular flexibility index (Phi) is 5.12. The number of allylic oxidation sites excluding steroid dienone is 3. The van der Waals surface area contributed by atoms with Gasteiger partial charge in [0, 0.05) is 19.6 Å². The first-order valence-corrected chi connectivity index (χ1v) is 5.87. The van der Waals surface area contributed by atoms with Crippen molar-refractivity contribution in [2.45, 2.75) is 13.3 Å². The van der Waals surface area contributed by atoms with Crippen LogP contribution in [0.25, 0.3) is 0 Å². The molecule has 1 aliphatic rings. The first-order chi connectivity index (χ1) is 7.69. The van der Waals surface area contributed by atoms with Crippen molar-refractivity contribution in [1.82, 2.24) is 9.80 Å². The summed E-state index contributed by atoms with van der Waals surface area (Å²) in [5.41, 5.74) is 7.89. The number of hydrogen-bond donors (Lipinski definition) is 1. The number of nitrogens with two attached hydrogens (primary N) is 1. The van der Waals surface area contributed by atoms with Gasteiger partial charge in [-0.15, -0.1) is 0 Å². The van der Waals surface area contributed by atoms with Crippen LogP contribution in [0.15, 0.2) is 36.2 Å². The van der Waals surface area contributed by atoms with E-state index in [1.165, 1.54) is 6.42 Å². The Balaban J connectivity index is 2.80. The van der Waals surface area contributed by atoms with Crippen LogP contribution in [0.1, 0.15) is 13.3 Å². The van der Waals surface area contributed by atoms with Crippen molar-refractivity contribution in [1.29, 1.82) is 0 Å². The highest BCUT2D eigenvalue weighted by Gasteiger charge is 2.14. The molecule has 1 saturated heterocycles. The van der Waals surface area contributed by atoms with Crippen molar-refractivity contribution in [2.75, 3.05) is 33.2 Å². The van der Waals surface area contributed by atoms with Crippen LogP contribution >= 0.6 is 0 Å². The minimum atomic E-state index is 0.807. The lowest BCUT2D eigenvalue weighted by molar-refractivity contribution is 0.329. The average Bonchev–Trinajstić information content (AvgIpc) is 2.46. The second kappa shape index (κ2) is 6.38. The van der Waals surface area contributed by atoms with Crippen LogP contribution in [0.4, 0.5) is 0 Å². The molecule has 0 aromatic heterocycles. The summed E-state index contributed by atoms with van der Waals surface area (Å²) in [5.74, 6) is 0. The second-order valence-electron chi connectivity index (χ2n) is 4.19. The van der Waals surface area contributed by atoms with Gasteiger partial charge in [-0.1, -0.05) is 12.7 Å². The maximum atomic E-state index is 6.02. The molecule has 0 amide bonds. The number of nitrogens with zero attached hydrogens (tertiary/aromatic N) is 2. The van der Waals surface area contributed by atoms with Gasteiger partial charge in [0.1, 0.15) is 0 Å². The Morgan fingerprint density at radius 2 is 2.00 bits per heavy atom. The van der Waals surface area contributed by atoms with E-state index in [0.29, 0.717) is 0 Å². The Morgan fingerprint density at radius 3 is 2.62 bits per heavy atom.